The third kappa shape index (κ3) is 7.08. The van der Waals surface area contributed by atoms with Crippen LogP contribution in [-0.4, -0.2) is 39.8 Å². The molecule has 0 aromatic rings. The number of hydrogen-bond acceptors (Lipinski definition) is 5. The molecule has 2 aliphatic rings. The lowest BCUT2D eigenvalue weighted by Crippen LogP contribution is -2.48. The number of carbonyl (C=O) groups is 1. The molecular weight excluding hydrogens is 326 g/mol. The van der Waals surface area contributed by atoms with E-state index < -0.39 is 0 Å². The number of piperidine rings is 1. The van der Waals surface area contributed by atoms with E-state index in [2.05, 4.69) is 22.5 Å². The van der Waals surface area contributed by atoms with Crippen LogP contribution in [0, 0.1) is 5.41 Å². The molecule has 1 heterocycles. The summed E-state index contributed by atoms with van der Waals surface area (Å²) in [6.45, 7) is 10.8. The van der Waals surface area contributed by atoms with Gasteiger partial charge in [-0.05, 0) is 69.7 Å². The predicted molar refractivity (Wildman–Crippen MR) is 109 cm³/mol. The van der Waals surface area contributed by atoms with Gasteiger partial charge >= 0.3 is 0 Å². The van der Waals surface area contributed by atoms with Crippen molar-refractivity contribution in [2.75, 3.05) is 27.2 Å². The van der Waals surface area contributed by atoms with Crippen molar-refractivity contribution in [3.05, 3.63) is 47.9 Å². The third-order valence-electron chi connectivity index (χ3n) is 5.03. The Morgan fingerprint density at radius 3 is 2.31 bits per heavy atom. The van der Waals surface area contributed by atoms with Crippen LogP contribution >= 0.6 is 0 Å². The van der Waals surface area contributed by atoms with Crippen molar-refractivity contribution < 1.29 is 9.53 Å². The fraction of sp³-hybridized carbons (Fsp3) is 0.571. The number of rotatable bonds is 7. The van der Waals surface area contributed by atoms with Gasteiger partial charge in [-0.15, -0.1) is 0 Å². The molecule has 3 N–H and O–H groups in total. The van der Waals surface area contributed by atoms with Gasteiger partial charge in [0.1, 0.15) is 6.10 Å². The lowest BCUT2D eigenvalue weighted by atomic mass is 9.62. The molecule has 1 spiro atoms. The maximum atomic E-state index is 10.0. The minimum atomic E-state index is 0.223. The largest absolute Gasteiger partial charge is 0.465 e. The van der Waals surface area contributed by atoms with Crippen molar-refractivity contribution in [1.82, 2.24) is 16.0 Å². The Hall–Kier alpha value is -2.01. The highest BCUT2D eigenvalue weighted by molar-refractivity contribution is 5.40. The predicted octanol–water partition coefficient (Wildman–Crippen LogP) is 3.04. The number of allylic oxidation sites excluding steroid dienone is 6. The molecule has 2 rings (SSSR count). The Kier molecular flexibility index (Phi) is 9.81. The molecule has 0 aromatic heterocycles. The Balaban J connectivity index is 0.000000262. The Morgan fingerprint density at radius 1 is 1.23 bits per heavy atom. The quantitative estimate of drug-likeness (QED) is 0.481. The van der Waals surface area contributed by atoms with Crippen molar-refractivity contribution in [2.45, 2.75) is 45.6 Å². The van der Waals surface area contributed by atoms with E-state index in [-0.39, 0.29) is 6.10 Å². The highest BCUT2D eigenvalue weighted by Gasteiger charge is 2.45. The van der Waals surface area contributed by atoms with E-state index in [0.717, 1.165) is 42.9 Å². The molecule has 0 bridgehead atoms. The number of nitrogens with one attached hydrogen (secondary N) is 3. The van der Waals surface area contributed by atoms with Crippen molar-refractivity contribution in [3.8, 4) is 0 Å². The summed E-state index contributed by atoms with van der Waals surface area (Å²) in [7, 11) is 3.77. The van der Waals surface area contributed by atoms with Gasteiger partial charge < -0.3 is 20.7 Å². The molecule has 0 aromatic carbocycles. The molecule has 26 heavy (non-hydrogen) atoms. The first-order valence-corrected chi connectivity index (χ1v) is 9.36. The maximum Gasteiger partial charge on any atom is 0.293 e. The van der Waals surface area contributed by atoms with E-state index in [9.17, 15) is 4.79 Å². The van der Waals surface area contributed by atoms with Crippen molar-refractivity contribution in [3.63, 3.8) is 0 Å². The van der Waals surface area contributed by atoms with Crippen LogP contribution in [0.5, 0.6) is 0 Å². The first kappa shape index (κ1) is 22.0. The summed E-state index contributed by atoms with van der Waals surface area (Å²) in [5.41, 5.74) is 2.69. The van der Waals surface area contributed by atoms with Gasteiger partial charge in [0.05, 0.1) is 5.82 Å². The van der Waals surface area contributed by atoms with Crippen molar-refractivity contribution in [1.29, 1.82) is 0 Å². The molecule has 1 aliphatic carbocycles. The highest BCUT2D eigenvalue weighted by Crippen LogP contribution is 2.48. The Morgan fingerprint density at radius 2 is 1.85 bits per heavy atom. The standard InChI is InChI=1S/C12H20N2.C9H15NO2/c1-6-7-8-11(10(2)3)9-12(13-4)14-5;11-7-12-8-5-9(6-8)1-3-10-4-2-9/h6-9,13-14H,2H2,1,3-5H3;7-8,10H,1-6H2/b7-6-,11-8-;. The van der Waals surface area contributed by atoms with Crippen LogP contribution < -0.4 is 16.0 Å². The van der Waals surface area contributed by atoms with E-state index in [4.69, 9.17) is 4.74 Å². The normalized spacial score (nSPS) is 19.0. The molecule has 0 unspecified atom stereocenters. The van der Waals surface area contributed by atoms with Gasteiger partial charge in [-0.2, -0.15) is 0 Å². The molecule has 5 heteroatoms. The summed E-state index contributed by atoms with van der Waals surface area (Å²) in [6.07, 6.45) is 13.0. The number of hydrogen-bond donors (Lipinski definition) is 3. The van der Waals surface area contributed by atoms with Gasteiger partial charge in [0.25, 0.3) is 6.47 Å². The van der Waals surface area contributed by atoms with Gasteiger partial charge in [0.2, 0.25) is 0 Å². The molecular formula is C21H35N3O2. The Labute approximate surface area is 158 Å². The summed E-state index contributed by atoms with van der Waals surface area (Å²) in [4.78, 5) is 10.0. The second-order valence-corrected chi connectivity index (χ2v) is 7.00. The van der Waals surface area contributed by atoms with Crippen LogP contribution in [0.2, 0.25) is 0 Å². The van der Waals surface area contributed by atoms with Gasteiger partial charge in [-0.3, -0.25) is 4.79 Å². The van der Waals surface area contributed by atoms with Crippen LogP contribution in [-0.2, 0) is 9.53 Å². The number of ether oxygens (including phenoxy) is 1. The SMILES string of the molecule is C=C(C)/C(C=C(NC)NC)=C\C=C/C.O=COC1CC2(CCNCC2)C1. The summed E-state index contributed by atoms with van der Waals surface area (Å²) in [5, 5.41) is 9.46. The molecule has 1 saturated carbocycles. The van der Waals surface area contributed by atoms with E-state index in [1.807, 2.05) is 52.2 Å². The van der Waals surface area contributed by atoms with Crippen LogP contribution in [0.1, 0.15) is 39.5 Å². The molecule has 0 amide bonds. The second kappa shape index (κ2) is 11.6. The van der Waals surface area contributed by atoms with Gasteiger partial charge in [0, 0.05) is 14.1 Å². The summed E-state index contributed by atoms with van der Waals surface area (Å²) >= 11 is 0. The van der Waals surface area contributed by atoms with E-state index in [0.29, 0.717) is 11.9 Å². The summed E-state index contributed by atoms with van der Waals surface area (Å²) < 4.78 is 4.90. The van der Waals surface area contributed by atoms with Gasteiger partial charge in [-0.25, -0.2) is 0 Å². The molecule has 1 aliphatic heterocycles. The van der Waals surface area contributed by atoms with Crippen LogP contribution in [0.15, 0.2) is 47.9 Å². The van der Waals surface area contributed by atoms with Crippen molar-refractivity contribution in [2.24, 2.45) is 5.41 Å². The highest BCUT2D eigenvalue weighted by atomic mass is 16.5. The minimum absolute atomic E-state index is 0.223. The molecule has 1 saturated heterocycles. The smallest absolute Gasteiger partial charge is 0.293 e. The zero-order valence-corrected chi connectivity index (χ0v) is 16.7. The maximum absolute atomic E-state index is 10.0. The summed E-state index contributed by atoms with van der Waals surface area (Å²) in [5.74, 6) is 0.976. The monoisotopic (exact) mass is 361 g/mol. The van der Waals surface area contributed by atoms with Gasteiger partial charge in [-0.1, -0.05) is 30.4 Å². The average molecular weight is 362 g/mol. The summed E-state index contributed by atoms with van der Waals surface area (Å²) in [6, 6.07) is 0. The zero-order chi connectivity index (χ0) is 19.4. The molecule has 5 nitrogen and oxygen atoms in total. The van der Waals surface area contributed by atoms with Gasteiger partial charge in [0.15, 0.2) is 0 Å². The third-order valence-corrected chi connectivity index (χ3v) is 5.03. The van der Waals surface area contributed by atoms with Crippen LogP contribution in [0.4, 0.5) is 0 Å². The number of carbonyl (C=O) groups excluding carboxylic acids is 1. The fourth-order valence-corrected chi connectivity index (χ4v) is 3.38. The minimum Gasteiger partial charge on any atom is -0.465 e. The first-order chi connectivity index (χ1) is 12.5. The van der Waals surface area contributed by atoms with E-state index in [1.54, 1.807) is 0 Å². The molecule has 2 fully saturated rings. The first-order valence-electron chi connectivity index (χ1n) is 9.36. The molecule has 0 atom stereocenters. The van der Waals surface area contributed by atoms with Crippen LogP contribution in [0.3, 0.4) is 0 Å². The van der Waals surface area contributed by atoms with Crippen LogP contribution in [0.25, 0.3) is 0 Å². The topological polar surface area (TPSA) is 62.4 Å². The molecule has 0 radical (unpaired) electrons. The van der Waals surface area contributed by atoms with E-state index in [1.165, 1.54) is 12.8 Å². The second-order valence-electron chi connectivity index (χ2n) is 7.00. The molecule has 146 valence electrons. The fourth-order valence-electron chi connectivity index (χ4n) is 3.38. The van der Waals surface area contributed by atoms with Crippen molar-refractivity contribution >= 4 is 6.47 Å². The zero-order valence-electron chi connectivity index (χ0n) is 16.7. The lowest BCUT2D eigenvalue weighted by Gasteiger charge is -2.49. The van der Waals surface area contributed by atoms with E-state index >= 15 is 0 Å². The Bertz CT molecular complexity index is 529. The average Bonchev–Trinajstić information content (AvgIpc) is 2.62. The lowest BCUT2D eigenvalue weighted by molar-refractivity contribution is -0.147.